The normalized spacial score (nSPS) is 24.8. The number of sulfonamides is 1. The summed E-state index contributed by atoms with van der Waals surface area (Å²) < 4.78 is 53.1. The van der Waals surface area contributed by atoms with E-state index in [1.54, 1.807) is 11.8 Å². The first kappa shape index (κ1) is 15.5. The van der Waals surface area contributed by atoms with Crippen LogP contribution < -0.4 is 5.73 Å². The molecule has 0 spiro atoms. The SMILES string of the molecule is CC1CN(S(=O)(=O)c2cc(N)c(F)cc2F)CC(C)S1. The number of nitrogen functional groups attached to an aromatic ring is 1. The van der Waals surface area contributed by atoms with Crippen LogP contribution in [0.4, 0.5) is 14.5 Å². The Hall–Kier alpha value is -0.860. The molecule has 112 valence electrons. The van der Waals surface area contributed by atoms with Crippen LogP contribution in [0, 0.1) is 11.6 Å². The van der Waals surface area contributed by atoms with Gasteiger partial charge in [0.25, 0.3) is 0 Å². The molecule has 0 bridgehead atoms. The highest BCUT2D eigenvalue weighted by atomic mass is 32.2. The molecule has 2 unspecified atom stereocenters. The highest BCUT2D eigenvalue weighted by molar-refractivity contribution is 8.00. The van der Waals surface area contributed by atoms with Crippen LogP contribution in [0.25, 0.3) is 0 Å². The van der Waals surface area contributed by atoms with Crippen LogP contribution in [0.1, 0.15) is 13.8 Å². The molecule has 0 saturated carbocycles. The zero-order chi connectivity index (χ0) is 15.1. The molecule has 2 N–H and O–H groups in total. The quantitative estimate of drug-likeness (QED) is 0.847. The number of benzene rings is 1. The number of nitrogens with zero attached hydrogens (tertiary/aromatic N) is 1. The molecule has 0 aliphatic carbocycles. The van der Waals surface area contributed by atoms with Gasteiger partial charge in [-0.2, -0.15) is 16.1 Å². The van der Waals surface area contributed by atoms with Crippen molar-refractivity contribution in [3.8, 4) is 0 Å². The van der Waals surface area contributed by atoms with Crippen molar-refractivity contribution in [2.24, 2.45) is 0 Å². The smallest absolute Gasteiger partial charge is 0.246 e. The number of nitrogens with two attached hydrogens (primary N) is 1. The maximum atomic E-state index is 13.8. The number of halogens is 2. The number of hydrogen-bond donors (Lipinski definition) is 1. The van der Waals surface area contributed by atoms with Gasteiger partial charge in [0.15, 0.2) is 0 Å². The highest BCUT2D eigenvalue weighted by Gasteiger charge is 2.34. The first-order valence-corrected chi connectivity index (χ1v) is 8.50. The van der Waals surface area contributed by atoms with Gasteiger partial charge in [0.05, 0.1) is 5.69 Å². The van der Waals surface area contributed by atoms with Gasteiger partial charge in [-0.1, -0.05) is 13.8 Å². The van der Waals surface area contributed by atoms with Crippen molar-refractivity contribution < 1.29 is 17.2 Å². The summed E-state index contributed by atoms with van der Waals surface area (Å²) in [5, 5.41) is 0.240. The van der Waals surface area contributed by atoms with E-state index in [4.69, 9.17) is 5.73 Å². The lowest BCUT2D eigenvalue weighted by atomic mass is 10.3. The molecule has 0 aromatic heterocycles. The summed E-state index contributed by atoms with van der Waals surface area (Å²) in [6.07, 6.45) is 0. The predicted molar refractivity (Wildman–Crippen MR) is 76.0 cm³/mol. The van der Waals surface area contributed by atoms with Gasteiger partial charge in [-0.05, 0) is 6.07 Å². The minimum absolute atomic E-state index is 0.120. The number of rotatable bonds is 2. The van der Waals surface area contributed by atoms with Crippen molar-refractivity contribution in [3.63, 3.8) is 0 Å². The lowest BCUT2D eigenvalue weighted by Crippen LogP contribution is -2.44. The summed E-state index contributed by atoms with van der Waals surface area (Å²) in [5.41, 5.74) is 4.96. The van der Waals surface area contributed by atoms with Crippen molar-refractivity contribution in [2.45, 2.75) is 29.2 Å². The molecule has 20 heavy (non-hydrogen) atoms. The molecule has 1 aromatic carbocycles. The van der Waals surface area contributed by atoms with Crippen molar-refractivity contribution in [2.75, 3.05) is 18.8 Å². The average Bonchev–Trinajstić information content (AvgIpc) is 2.32. The lowest BCUT2D eigenvalue weighted by molar-refractivity contribution is 0.401. The fourth-order valence-electron chi connectivity index (χ4n) is 2.21. The Morgan fingerprint density at radius 2 is 1.75 bits per heavy atom. The first-order chi connectivity index (χ1) is 9.21. The van der Waals surface area contributed by atoms with Crippen LogP contribution in [-0.2, 0) is 10.0 Å². The van der Waals surface area contributed by atoms with Crippen LogP contribution >= 0.6 is 11.8 Å². The number of hydrogen-bond acceptors (Lipinski definition) is 4. The molecule has 8 heteroatoms. The third kappa shape index (κ3) is 2.91. The molecule has 4 nitrogen and oxygen atoms in total. The van der Waals surface area contributed by atoms with Crippen molar-refractivity contribution in [1.82, 2.24) is 4.31 Å². The molecule has 0 radical (unpaired) electrons. The van der Waals surface area contributed by atoms with E-state index in [9.17, 15) is 17.2 Å². The summed E-state index contributed by atoms with van der Waals surface area (Å²) in [4.78, 5) is -0.567. The van der Waals surface area contributed by atoms with Gasteiger partial charge in [-0.25, -0.2) is 17.2 Å². The Kier molecular flexibility index (Phi) is 4.27. The Morgan fingerprint density at radius 1 is 1.20 bits per heavy atom. The molecule has 1 saturated heterocycles. The maximum Gasteiger partial charge on any atom is 0.246 e. The van der Waals surface area contributed by atoms with E-state index in [-0.39, 0.29) is 16.2 Å². The standard InChI is InChI=1S/C12H16F2N2O2S2/c1-7-5-16(6-8(2)19-7)20(17,18)12-4-11(15)9(13)3-10(12)14/h3-4,7-8H,5-6,15H2,1-2H3. The molecule has 1 aliphatic rings. The summed E-state index contributed by atoms with van der Waals surface area (Å²) in [6.45, 7) is 4.43. The van der Waals surface area contributed by atoms with Gasteiger partial charge < -0.3 is 5.73 Å². The van der Waals surface area contributed by atoms with Crippen LogP contribution in [0.3, 0.4) is 0 Å². The lowest BCUT2D eigenvalue weighted by Gasteiger charge is -2.33. The van der Waals surface area contributed by atoms with Crippen LogP contribution in [0.15, 0.2) is 17.0 Å². The van der Waals surface area contributed by atoms with E-state index in [0.29, 0.717) is 19.2 Å². The number of anilines is 1. The molecule has 1 aromatic rings. The van der Waals surface area contributed by atoms with Crippen molar-refractivity contribution >= 4 is 27.5 Å². The van der Waals surface area contributed by atoms with E-state index in [1.807, 2.05) is 13.8 Å². The third-order valence-corrected chi connectivity index (χ3v) is 6.13. The highest BCUT2D eigenvalue weighted by Crippen LogP contribution is 2.30. The van der Waals surface area contributed by atoms with E-state index in [2.05, 4.69) is 0 Å². The Morgan fingerprint density at radius 3 is 2.30 bits per heavy atom. The summed E-state index contributed by atoms with van der Waals surface area (Å²) in [7, 11) is -4.00. The molecule has 1 heterocycles. The topological polar surface area (TPSA) is 63.4 Å². The molecule has 2 atom stereocenters. The third-order valence-electron chi connectivity index (χ3n) is 3.06. The fourth-order valence-corrected chi connectivity index (χ4v) is 5.42. The minimum atomic E-state index is -4.00. The molecule has 1 fully saturated rings. The zero-order valence-corrected chi connectivity index (χ0v) is 12.8. The van der Waals surface area contributed by atoms with Crippen molar-refractivity contribution in [1.29, 1.82) is 0 Å². The van der Waals surface area contributed by atoms with E-state index >= 15 is 0 Å². The second-order valence-corrected chi connectivity index (χ2v) is 8.67. The van der Waals surface area contributed by atoms with Gasteiger partial charge >= 0.3 is 0 Å². The van der Waals surface area contributed by atoms with Gasteiger partial charge in [0.2, 0.25) is 10.0 Å². The second kappa shape index (κ2) is 5.50. The first-order valence-electron chi connectivity index (χ1n) is 6.12. The Balaban J connectivity index is 2.42. The van der Waals surface area contributed by atoms with Crippen molar-refractivity contribution in [3.05, 3.63) is 23.8 Å². The molecule has 2 rings (SSSR count). The largest absolute Gasteiger partial charge is 0.396 e. The van der Waals surface area contributed by atoms with Gasteiger partial charge in [0.1, 0.15) is 16.5 Å². The molecule has 1 aliphatic heterocycles. The van der Waals surface area contributed by atoms with E-state index < -0.39 is 26.6 Å². The zero-order valence-electron chi connectivity index (χ0n) is 11.1. The van der Waals surface area contributed by atoms with Crippen LogP contribution in [0.5, 0.6) is 0 Å². The maximum absolute atomic E-state index is 13.8. The molecule has 0 amide bonds. The second-order valence-electron chi connectivity index (χ2n) is 4.88. The van der Waals surface area contributed by atoms with Crippen LogP contribution in [-0.4, -0.2) is 36.3 Å². The average molecular weight is 322 g/mol. The fraction of sp³-hybridized carbons (Fsp3) is 0.500. The predicted octanol–water partition coefficient (Wildman–Crippen LogP) is 2.06. The minimum Gasteiger partial charge on any atom is -0.396 e. The van der Waals surface area contributed by atoms with E-state index in [0.717, 1.165) is 6.07 Å². The summed E-state index contributed by atoms with van der Waals surface area (Å²) in [6, 6.07) is 1.35. The van der Waals surface area contributed by atoms with Gasteiger partial charge in [-0.15, -0.1) is 0 Å². The monoisotopic (exact) mass is 322 g/mol. The molecular weight excluding hydrogens is 306 g/mol. The van der Waals surface area contributed by atoms with Gasteiger partial charge in [0, 0.05) is 29.7 Å². The Labute approximate surface area is 121 Å². The van der Waals surface area contributed by atoms with E-state index in [1.165, 1.54) is 4.31 Å². The number of thioether (sulfide) groups is 1. The molecular formula is C12H16F2N2O2S2. The van der Waals surface area contributed by atoms with Gasteiger partial charge in [-0.3, -0.25) is 0 Å². The summed E-state index contributed by atoms with van der Waals surface area (Å²) in [5.74, 6) is -2.08. The Bertz CT molecular complexity index is 612. The summed E-state index contributed by atoms with van der Waals surface area (Å²) >= 11 is 1.68. The van der Waals surface area contributed by atoms with Crippen LogP contribution in [0.2, 0.25) is 0 Å².